The van der Waals surface area contributed by atoms with Crippen molar-refractivity contribution in [2.24, 2.45) is 0 Å². The fraction of sp³-hybridized carbons (Fsp3) is 0.429. The van der Waals surface area contributed by atoms with Crippen LogP contribution >= 0.6 is 0 Å². The number of nitrogens with one attached hydrogen (secondary N) is 2. The maximum absolute atomic E-state index is 4.68. The molecule has 0 amide bonds. The zero-order chi connectivity index (χ0) is 19.8. The minimum absolute atomic E-state index is 0.437. The average Bonchev–Trinajstić information content (AvgIpc) is 3.37. The van der Waals surface area contributed by atoms with E-state index in [1.165, 1.54) is 12.8 Å². The van der Waals surface area contributed by atoms with Gasteiger partial charge >= 0.3 is 0 Å². The van der Waals surface area contributed by atoms with Gasteiger partial charge in [0.05, 0.1) is 17.9 Å². The molecule has 1 aliphatic carbocycles. The Labute approximate surface area is 169 Å². The van der Waals surface area contributed by atoms with E-state index in [4.69, 9.17) is 0 Å². The topological polar surface area (TPSA) is 84.4 Å². The fourth-order valence-corrected chi connectivity index (χ4v) is 4.24. The lowest BCUT2D eigenvalue weighted by atomic mass is 9.91. The molecule has 0 bridgehead atoms. The van der Waals surface area contributed by atoms with Gasteiger partial charge in [-0.1, -0.05) is 6.92 Å². The molecule has 0 unspecified atom stereocenters. The van der Waals surface area contributed by atoms with Gasteiger partial charge in [0, 0.05) is 47.5 Å². The van der Waals surface area contributed by atoms with Crippen molar-refractivity contribution in [1.29, 1.82) is 0 Å². The van der Waals surface area contributed by atoms with Crippen LogP contribution in [0.15, 0.2) is 37.1 Å². The van der Waals surface area contributed by atoms with Crippen molar-refractivity contribution in [2.75, 3.05) is 12.4 Å². The number of hydrogen-bond donors (Lipinski definition) is 2. The van der Waals surface area contributed by atoms with Gasteiger partial charge in [0.1, 0.15) is 0 Å². The van der Waals surface area contributed by atoms with Crippen LogP contribution in [0.25, 0.3) is 22.4 Å². The summed E-state index contributed by atoms with van der Waals surface area (Å²) in [6.07, 6.45) is 15.3. The lowest BCUT2D eigenvalue weighted by Gasteiger charge is -2.28. The highest BCUT2D eigenvalue weighted by molar-refractivity contribution is 5.79. The van der Waals surface area contributed by atoms with Gasteiger partial charge in [0.25, 0.3) is 0 Å². The van der Waals surface area contributed by atoms with Crippen molar-refractivity contribution in [1.82, 2.24) is 34.3 Å². The normalized spacial score (nSPS) is 19.8. The Morgan fingerprint density at radius 1 is 1.03 bits per heavy atom. The molecule has 1 aliphatic rings. The van der Waals surface area contributed by atoms with Gasteiger partial charge in [-0.25, -0.2) is 19.5 Å². The first-order valence-corrected chi connectivity index (χ1v) is 10.4. The highest BCUT2D eigenvalue weighted by Crippen LogP contribution is 2.26. The minimum atomic E-state index is 0.437. The quantitative estimate of drug-likeness (QED) is 0.545. The zero-order valence-electron chi connectivity index (χ0n) is 16.8. The first-order valence-electron chi connectivity index (χ1n) is 10.4. The Kier molecular flexibility index (Phi) is 4.63. The second kappa shape index (κ2) is 7.44. The van der Waals surface area contributed by atoms with E-state index < -0.39 is 0 Å². The molecule has 4 aromatic rings. The molecule has 8 heteroatoms. The summed E-state index contributed by atoms with van der Waals surface area (Å²) in [5.74, 6) is 1.41. The molecule has 4 aromatic heterocycles. The molecule has 2 N–H and O–H groups in total. The summed E-state index contributed by atoms with van der Waals surface area (Å²) in [4.78, 5) is 13.5. The highest BCUT2D eigenvalue weighted by atomic mass is 15.3. The fourth-order valence-electron chi connectivity index (χ4n) is 4.24. The van der Waals surface area contributed by atoms with Gasteiger partial charge in [-0.3, -0.25) is 4.40 Å². The van der Waals surface area contributed by atoms with Crippen molar-refractivity contribution >= 4 is 17.2 Å². The highest BCUT2D eigenvalue weighted by Gasteiger charge is 2.20. The molecule has 0 aliphatic heterocycles. The minimum Gasteiger partial charge on any atom is -0.350 e. The standard InChI is InChI=1S/C21H26N8/c1-3-17-11-25-21-24-10-14(13-28(17)21)18-8-9-29-19(18)12-23-20(27-29)26-16-6-4-15(22-2)5-7-16/h8-13,15-16,22H,3-7H2,1-2H3,(H,26,27)/t15-,16+. The van der Waals surface area contributed by atoms with Crippen molar-refractivity contribution in [3.05, 3.63) is 42.7 Å². The number of fused-ring (bicyclic) bond motifs is 2. The van der Waals surface area contributed by atoms with Crippen molar-refractivity contribution in [2.45, 2.75) is 51.1 Å². The van der Waals surface area contributed by atoms with E-state index in [9.17, 15) is 0 Å². The van der Waals surface area contributed by atoms with E-state index >= 15 is 0 Å². The van der Waals surface area contributed by atoms with Crippen LogP contribution in [0, 0.1) is 0 Å². The average molecular weight is 390 g/mol. The van der Waals surface area contributed by atoms with Crippen LogP contribution in [-0.2, 0) is 6.42 Å². The second-order valence-electron chi connectivity index (χ2n) is 7.74. The summed E-state index contributed by atoms with van der Waals surface area (Å²) in [7, 11) is 2.04. The molecule has 0 saturated heterocycles. The number of hydrogen-bond acceptors (Lipinski definition) is 6. The summed E-state index contributed by atoms with van der Waals surface area (Å²) >= 11 is 0. The molecular weight excluding hydrogens is 364 g/mol. The summed E-state index contributed by atoms with van der Waals surface area (Å²) in [5, 5.41) is 11.6. The predicted octanol–water partition coefficient (Wildman–Crippen LogP) is 2.94. The van der Waals surface area contributed by atoms with Crippen molar-refractivity contribution in [3.8, 4) is 11.1 Å². The number of aryl methyl sites for hydroxylation is 1. The molecule has 1 fully saturated rings. The largest absolute Gasteiger partial charge is 0.350 e. The summed E-state index contributed by atoms with van der Waals surface area (Å²) in [5.41, 5.74) is 4.21. The van der Waals surface area contributed by atoms with E-state index in [2.05, 4.69) is 54.3 Å². The van der Waals surface area contributed by atoms with Gasteiger partial charge in [-0.2, -0.15) is 0 Å². The number of imidazole rings is 1. The van der Waals surface area contributed by atoms with E-state index in [0.29, 0.717) is 18.0 Å². The third-order valence-corrected chi connectivity index (χ3v) is 6.00. The maximum Gasteiger partial charge on any atom is 0.241 e. The van der Waals surface area contributed by atoms with E-state index in [1.807, 2.05) is 36.4 Å². The molecule has 8 nitrogen and oxygen atoms in total. The third kappa shape index (κ3) is 3.33. The van der Waals surface area contributed by atoms with Gasteiger partial charge in [-0.15, -0.1) is 5.10 Å². The number of rotatable bonds is 5. The van der Waals surface area contributed by atoms with Crippen LogP contribution < -0.4 is 10.6 Å². The van der Waals surface area contributed by atoms with Crippen LogP contribution in [0.1, 0.15) is 38.3 Å². The molecule has 29 heavy (non-hydrogen) atoms. The zero-order valence-corrected chi connectivity index (χ0v) is 16.8. The lowest BCUT2D eigenvalue weighted by Crippen LogP contribution is -2.35. The molecule has 4 heterocycles. The molecular formula is C21H26N8. The third-order valence-electron chi connectivity index (χ3n) is 6.00. The number of anilines is 1. The molecule has 150 valence electrons. The smallest absolute Gasteiger partial charge is 0.241 e. The van der Waals surface area contributed by atoms with Gasteiger partial charge in [0.15, 0.2) is 0 Å². The van der Waals surface area contributed by atoms with E-state index in [-0.39, 0.29) is 0 Å². The van der Waals surface area contributed by atoms with Gasteiger partial charge in [0.2, 0.25) is 11.7 Å². The first kappa shape index (κ1) is 18.1. The molecule has 0 atom stereocenters. The number of aromatic nitrogens is 6. The Balaban J connectivity index is 1.41. The Morgan fingerprint density at radius 3 is 2.62 bits per heavy atom. The lowest BCUT2D eigenvalue weighted by molar-refractivity contribution is 0.370. The second-order valence-corrected chi connectivity index (χ2v) is 7.74. The molecule has 0 radical (unpaired) electrons. The summed E-state index contributed by atoms with van der Waals surface area (Å²) in [6.45, 7) is 2.12. The van der Waals surface area contributed by atoms with Crippen LogP contribution in [0.2, 0.25) is 0 Å². The molecule has 5 rings (SSSR count). The first-order chi connectivity index (χ1) is 14.2. The van der Waals surface area contributed by atoms with E-state index in [1.54, 1.807) is 0 Å². The van der Waals surface area contributed by atoms with Crippen LogP contribution in [0.4, 0.5) is 5.95 Å². The molecule has 0 spiro atoms. The van der Waals surface area contributed by atoms with Gasteiger partial charge in [-0.05, 0) is 45.2 Å². The van der Waals surface area contributed by atoms with E-state index in [0.717, 1.165) is 47.4 Å². The van der Waals surface area contributed by atoms with Gasteiger partial charge < -0.3 is 10.6 Å². The molecule has 0 aromatic carbocycles. The van der Waals surface area contributed by atoms with Crippen LogP contribution in [-0.4, -0.2) is 48.1 Å². The Bertz CT molecular complexity index is 1140. The van der Waals surface area contributed by atoms with Crippen LogP contribution in [0.5, 0.6) is 0 Å². The SMILES string of the molecule is CCc1cnc2ncc(-c3ccn4nc(N[C@H]5CC[C@@H](NC)CC5)ncc34)cn12. The Hall–Kier alpha value is -3.00. The Morgan fingerprint density at radius 2 is 1.83 bits per heavy atom. The predicted molar refractivity (Wildman–Crippen MR) is 113 cm³/mol. The molecule has 1 saturated carbocycles. The number of nitrogens with zero attached hydrogens (tertiary/aromatic N) is 6. The summed E-state index contributed by atoms with van der Waals surface area (Å²) in [6, 6.07) is 3.14. The summed E-state index contributed by atoms with van der Waals surface area (Å²) < 4.78 is 3.94. The monoisotopic (exact) mass is 390 g/mol. The van der Waals surface area contributed by atoms with Crippen molar-refractivity contribution in [3.63, 3.8) is 0 Å². The van der Waals surface area contributed by atoms with Crippen LogP contribution in [0.3, 0.4) is 0 Å². The maximum atomic E-state index is 4.68. The van der Waals surface area contributed by atoms with Crippen molar-refractivity contribution < 1.29 is 0 Å².